The maximum atomic E-state index is 13.5. The molecule has 0 amide bonds. The highest BCUT2D eigenvalue weighted by Gasteiger charge is 2.13. The minimum Gasteiger partial charge on any atom is -0.364 e. The smallest absolute Gasteiger partial charge is 0.126 e. The van der Waals surface area contributed by atoms with Gasteiger partial charge >= 0.3 is 0 Å². The Morgan fingerprint density at radius 2 is 2.16 bits per heavy atom. The molecule has 0 bridgehead atoms. The second-order valence-electron chi connectivity index (χ2n) is 4.51. The summed E-state index contributed by atoms with van der Waals surface area (Å²) in [6.07, 6.45) is 3.60. The normalized spacial score (nSPS) is 11.6. The van der Waals surface area contributed by atoms with E-state index in [4.69, 9.17) is 11.6 Å². The molecular weight excluding hydrogens is 263 g/mol. The van der Waals surface area contributed by atoms with E-state index >= 15 is 0 Å². The Bertz CT molecular complexity index is 449. The number of anilines is 1. The van der Waals surface area contributed by atoms with Crippen LogP contribution in [0.1, 0.15) is 20.8 Å². The molecule has 0 aliphatic carbocycles. The fourth-order valence-electron chi connectivity index (χ4n) is 1.81. The lowest BCUT2D eigenvalue weighted by Gasteiger charge is -2.30. The van der Waals surface area contributed by atoms with E-state index in [1.54, 1.807) is 12.3 Å². The maximum Gasteiger partial charge on any atom is 0.126 e. The molecule has 0 aliphatic rings. The van der Waals surface area contributed by atoms with Crippen molar-refractivity contribution in [2.75, 3.05) is 11.4 Å². The first-order valence-electron chi connectivity index (χ1n) is 6.23. The average molecular weight is 283 g/mol. The van der Waals surface area contributed by atoms with E-state index in [9.17, 15) is 4.39 Å². The van der Waals surface area contributed by atoms with E-state index < -0.39 is 0 Å². The molecule has 1 aromatic carbocycles. The first kappa shape index (κ1) is 15.6. The van der Waals surface area contributed by atoms with Gasteiger partial charge in [0.25, 0.3) is 0 Å². The van der Waals surface area contributed by atoms with Crippen LogP contribution in [0.5, 0.6) is 0 Å². The van der Waals surface area contributed by atoms with Gasteiger partial charge in [0, 0.05) is 22.4 Å². The number of hydrogen-bond acceptors (Lipinski definition) is 2. The summed E-state index contributed by atoms with van der Waals surface area (Å²) in [5, 5.41) is 3.48. The number of nitrogens with zero attached hydrogens (tertiary/aromatic N) is 1. The van der Waals surface area contributed by atoms with Crippen molar-refractivity contribution in [2.45, 2.75) is 26.8 Å². The molecule has 0 unspecified atom stereocenters. The predicted octanol–water partition coefficient (Wildman–Crippen LogP) is 4.33. The highest BCUT2D eigenvalue weighted by Crippen LogP contribution is 2.24. The van der Waals surface area contributed by atoms with E-state index in [2.05, 4.69) is 30.6 Å². The maximum absolute atomic E-state index is 13.5. The summed E-state index contributed by atoms with van der Waals surface area (Å²) < 4.78 is 13.5. The first-order valence-corrected chi connectivity index (χ1v) is 6.61. The number of benzene rings is 1. The molecule has 104 valence electrons. The molecule has 2 nitrogen and oxygen atoms in total. The van der Waals surface area contributed by atoms with Crippen LogP contribution in [0.4, 0.5) is 10.1 Å². The van der Waals surface area contributed by atoms with Gasteiger partial charge < -0.3 is 10.2 Å². The number of rotatable bonds is 6. The Kier molecular flexibility index (Phi) is 5.90. The molecule has 0 heterocycles. The van der Waals surface area contributed by atoms with Crippen molar-refractivity contribution in [3.05, 3.63) is 53.6 Å². The van der Waals surface area contributed by atoms with E-state index in [-0.39, 0.29) is 11.9 Å². The van der Waals surface area contributed by atoms with Crippen LogP contribution in [-0.2, 0) is 0 Å². The molecule has 1 rings (SSSR count). The molecule has 0 spiro atoms. The van der Waals surface area contributed by atoms with Crippen LogP contribution < -0.4 is 10.2 Å². The van der Waals surface area contributed by atoms with Crippen LogP contribution in [0.25, 0.3) is 0 Å². The van der Waals surface area contributed by atoms with Gasteiger partial charge in [-0.3, -0.25) is 0 Å². The quantitative estimate of drug-likeness (QED) is 0.835. The highest BCUT2D eigenvalue weighted by atomic mass is 35.5. The molecule has 0 radical (unpaired) electrons. The lowest BCUT2D eigenvalue weighted by atomic mass is 10.2. The van der Waals surface area contributed by atoms with Crippen LogP contribution in [0.15, 0.2) is 42.8 Å². The van der Waals surface area contributed by atoms with Gasteiger partial charge in [-0.1, -0.05) is 24.3 Å². The fraction of sp³-hybridized carbons (Fsp3) is 0.333. The molecule has 1 N–H and O–H groups in total. The first-order chi connectivity index (χ1) is 8.97. The Hall–Kier alpha value is -1.48. The predicted molar refractivity (Wildman–Crippen MR) is 81.0 cm³/mol. The van der Waals surface area contributed by atoms with Gasteiger partial charge in [-0.15, -0.1) is 0 Å². The summed E-state index contributed by atoms with van der Waals surface area (Å²) >= 11 is 5.92. The van der Waals surface area contributed by atoms with Gasteiger partial charge in [0.1, 0.15) is 5.82 Å². The van der Waals surface area contributed by atoms with Gasteiger partial charge in [0.05, 0.1) is 6.54 Å². The molecule has 0 aromatic heterocycles. The third kappa shape index (κ3) is 4.60. The molecule has 0 saturated carbocycles. The van der Waals surface area contributed by atoms with Crippen LogP contribution in [0.3, 0.4) is 0 Å². The van der Waals surface area contributed by atoms with Crippen molar-refractivity contribution < 1.29 is 4.39 Å². The lowest BCUT2D eigenvalue weighted by Crippen LogP contribution is -2.35. The van der Waals surface area contributed by atoms with Gasteiger partial charge in [0.2, 0.25) is 0 Å². The minimum atomic E-state index is -0.327. The summed E-state index contributed by atoms with van der Waals surface area (Å²) in [5.74, 6) is -0.327. The fourth-order valence-corrected chi connectivity index (χ4v) is 2.03. The van der Waals surface area contributed by atoms with E-state index in [0.29, 0.717) is 11.6 Å². The molecule has 4 heteroatoms. The Balaban J connectivity index is 3.03. The van der Waals surface area contributed by atoms with E-state index in [1.165, 1.54) is 12.1 Å². The molecule has 19 heavy (non-hydrogen) atoms. The highest BCUT2D eigenvalue weighted by molar-refractivity contribution is 6.30. The molecule has 0 saturated heterocycles. The number of halogens is 2. The molecule has 0 aliphatic heterocycles. The van der Waals surface area contributed by atoms with Crippen molar-refractivity contribution in [3.63, 3.8) is 0 Å². The van der Waals surface area contributed by atoms with Gasteiger partial charge in [-0.05, 0) is 45.2 Å². The second kappa shape index (κ2) is 7.19. The third-order valence-electron chi connectivity index (χ3n) is 2.78. The lowest BCUT2D eigenvalue weighted by molar-refractivity contribution is 0.624. The van der Waals surface area contributed by atoms with Crippen LogP contribution >= 0.6 is 11.6 Å². The Morgan fingerprint density at radius 1 is 1.47 bits per heavy atom. The zero-order valence-corrected chi connectivity index (χ0v) is 12.3. The summed E-state index contributed by atoms with van der Waals surface area (Å²) in [6.45, 7) is 10.3. The monoisotopic (exact) mass is 282 g/mol. The SMILES string of the molecule is C=CN/C(=C\C)CN(c1cc(F)cc(Cl)c1)C(C)C. The largest absolute Gasteiger partial charge is 0.364 e. The summed E-state index contributed by atoms with van der Waals surface area (Å²) in [4.78, 5) is 2.07. The van der Waals surface area contributed by atoms with Gasteiger partial charge in [-0.2, -0.15) is 0 Å². The molecular formula is C15H20ClFN2. The summed E-state index contributed by atoms with van der Waals surface area (Å²) in [7, 11) is 0. The summed E-state index contributed by atoms with van der Waals surface area (Å²) in [6, 6.07) is 4.79. The summed E-state index contributed by atoms with van der Waals surface area (Å²) in [5.41, 5.74) is 1.77. The van der Waals surface area contributed by atoms with Crippen molar-refractivity contribution in [3.8, 4) is 0 Å². The van der Waals surface area contributed by atoms with Gasteiger partial charge in [-0.25, -0.2) is 4.39 Å². The zero-order valence-electron chi connectivity index (χ0n) is 11.6. The third-order valence-corrected chi connectivity index (χ3v) is 3.00. The number of allylic oxidation sites excluding steroid dienone is 1. The molecule has 0 atom stereocenters. The topological polar surface area (TPSA) is 15.3 Å². The van der Waals surface area contributed by atoms with Crippen LogP contribution in [-0.4, -0.2) is 12.6 Å². The van der Waals surface area contributed by atoms with E-state index in [0.717, 1.165) is 11.4 Å². The van der Waals surface area contributed by atoms with Crippen molar-refractivity contribution in [2.24, 2.45) is 0 Å². The van der Waals surface area contributed by atoms with E-state index in [1.807, 2.05) is 13.0 Å². The van der Waals surface area contributed by atoms with Crippen molar-refractivity contribution >= 4 is 17.3 Å². The van der Waals surface area contributed by atoms with Crippen LogP contribution in [0.2, 0.25) is 5.02 Å². The number of hydrogen-bond donors (Lipinski definition) is 1. The average Bonchev–Trinajstić information content (AvgIpc) is 2.32. The number of nitrogens with one attached hydrogen (secondary N) is 1. The Morgan fingerprint density at radius 3 is 2.63 bits per heavy atom. The second-order valence-corrected chi connectivity index (χ2v) is 4.95. The van der Waals surface area contributed by atoms with Gasteiger partial charge in [0.15, 0.2) is 0 Å². The minimum absolute atomic E-state index is 0.222. The van der Waals surface area contributed by atoms with Crippen molar-refractivity contribution in [1.29, 1.82) is 0 Å². The molecule has 0 fully saturated rings. The zero-order chi connectivity index (χ0) is 14.4. The van der Waals surface area contributed by atoms with Crippen molar-refractivity contribution in [1.82, 2.24) is 5.32 Å². The Labute approximate surface area is 119 Å². The standard InChI is InChI=1S/C15H20ClFN2/c1-5-14(18-6-2)10-19(11(3)4)15-8-12(16)7-13(17)9-15/h5-9,11,18H,2,10H2,1,3-4H3/b14-5-. The van der Waals surface area contributed by atoms with Crippen LogP contribution in [0, 0.1) is 5.82 Å². The molecule has 1 aromatic rings.